The van der Waals surface area contributed by atoms with Gasteiger partial charge in [0.1, 0.15) is 5.41 Å². The van der Waals surface area contributed by atoms with Crippen LogP contribution in [0, 0.1) is 5.41 Å². The number of amides is 2. The summed E-state index contributed by atoms with van der Waals surface area (Å²) in [5.74, 6) is -1.55. The van der Waals surface area contributed by atoms with Gasteiger partial charge < -0.3 is 15.4 Å². The van der Waals surface area contributed by atoms with Crippen LogP contribution in [-0.2, 0) is 19.7 Å². The van der Waals surface area contributed by atoms with Crippen molar-refractivity contribution in [2.45, 2.75) is 40.0 Å². The van der Waals surface area contributed by atoms with Crippen LogP contribution in [0.2, 0.25) is 0 Å². The van der Waals surface area contributed by atoms with E-state index < -0.39 is 23.2 Å². The third kappa shape index (κ3) is 5.22. The molecule has 0 saturated heterocycles. The highest BCUT2D eigenvalue weighted by atomic mass is 16.5. The summed E-state index contributed by atoms with van der Waals surface area (Å²) in [4.78, 5) is 37.4. The van der Waals surface area contributed by atoms with Crippen molar-refractivity contribution in [1.82, 2.24) is 0 Å². The van der Waals surface area contributed by atoms with Crippen molar-refractivity contribution < 1.29 is 19.1 Å². The molecule has 0 heterocycles. The Hall–Kier alpha value is -3.15. The number of para-hydroxylation sites is 1. The monoisotopic (exact) mass is 396 g/mol. The number of anilines is 2. The average Bonchev–Trinajstić information content (AvgIpc) is 2.67. The zero-order chi connectivity index (χ0) is 21.8. The van der Waals surface area contributed by atoms with E-state index in [9.17, 15) is 14.4 Å². The number of methoxy groups -OCH3 is 1. The van der Waals surface area contributed by atoms with Gasteiger partial charge in [0.05, 0.1) is 18.4 Å². The molecule has 2 aromatic carbocycles. The van der Waals surface area contributed by atoms with Crippen LogP contribution in [0.3, 0.4) is 0 Å². The minimum Gasteiger partial charge on any atom is -0.465 e. The third-order valence-corrected chi connectivity index (χ3v) is 4.72. The first kappa shape index (κ1) is 22.1. The Balaban J connectivity index is 2.14. The fraction of sp³-hybridized carbons (Fsp3) is 0.348. The highest BCUT2D eigenvalue weighted by molar-refractivity contribution is 6.15. The van der Waals surface area contributed by atoms with Gasteiger partial charge in [-0.2, -0.15) is 0 Å². The Morgan fingerprint density at radius 3 is 1.90 bits per heavy atom. The van der Waals surface area contributed by atoms with E-state index in [4.69, 9.17) is 4.74 Å². The summed E-state index contributed by atoms with van der Waals surface area (Å²) in [7, 11) is 1.27. The van der Waals surface area contributed by atoms with E-state index in [0.717, 1.165) is 5.56 Å². The van der Waals surface area contributed by atoms with Crippen molar-refractivity contribution in [1.29, 1.82) is 0 Å². The van der Waals surface area contributed by atoms with Gasteiger partial charge in [-0.1, -0.05) is 45.0 Å². The summed E-state index contributed by atoms with van der Waals surface area (Å²) < 4.78 is 4.73. The van der Waals surface area contributed by atoms with Gasteiger partial charge >= 0.3 is 5.97 Å². The van der Waals surface area contributed by atoms with Crippen molar-refractivity contribution in [3.8, 4) is 0 Å². The minimum absolute atomic E-state index is 0.00866. The Bertz CT molecular complexity index is 909. The zero-order valence-electron chi connectivity index (χ0n) is 17.8. The first-order chi connectivity index (χ1) is 13.5. The van der Waals surface area contributed by atoms with Gasteiger partial charge in [0, 0.05) is 5.69 Å². The highest BCUT2D eigenvalue weighted by Crippen LogP contribution is 2.26. The van der Waals surface area contributed by atoms with Crippen molar-refractivity contribution in [3.63, 3.8) is 0 Å². The molecule has 0 bridgehead atoms. The number of carbonyl (C=O) groups excluding carboxylic acids is 3. The number of ether oxygens (including phenoxy) is 1. The number of carbonyl (C=O) groups is 3. The predicted molar refractivity (Wildman–Crippen MR) is 114 cm³/mol. The lowest BCUT2D eigenvalue weighted by Gasteiger charge is -2.24. The Labute approximate surface area is 171 Å². The number of rotatable bonds is 5. The van der Waals surface area contributed by atoms with Crippen LogP contribution in [0.4, 0.5) is 11.4 Å². The molecule has 6 heteroatoms. The van der Waals surface area contributed by atoms with Crippen molar-refractivity contribution in [3.05, 3.63) is 59.7 Å². The van der Waals surface area contributed by atoms with Crippen LogP contribution in [0.25, 0.3) is 0 Å². The number of hydrogen-bond acceptors (Lipinski definition) is 4. The van der Waals surface area contributed by atoms with Gasteiger partial charge in [0.15, 0.2) is 0 Å². The number of nitrogens with one attached hydrogen (secondary N) is 2. The molecule has 154 valence electrons. The topological polar surface area (TPSA) is 84.5 Å². The molecule has 0 fully saturated rings. The third-order valence-electron chi connectivity index (χ3n) is 4.72. The molecule has 0 spiro atoms. The van der Waals surface area contributed by atoms with E-state index in [-0.39, 0.29) is 11.0 Å². The van der Waals surface area contributed by atoms with E-state index in [2.05, 4.69) is 31.4 Å². The molecule has 0 aliphatic carbocycles. The maximum atomic E-state index is 12.8. The molecule has 0 saturated carbocycles. The molecular weight excluding hydrogens is 368 g/mol. The second-order valence-corrected chi connectivity index (χ2v) is 8.40. The van der Waals surface area contributed by atoms with Crippen LogP contribution < -0.4 is 10.6 Å². The Morgan fingerprint density at radius 1 is 0.793 bits per heavy atom. The average molecular weight is 396 g/mol. The largest absolute Gasteiger partial charge is 0.465 e. The lowest BCUT2D eigenvalue weighted by atomic mass is 9.87. The maximum absolute atomic E-state index is 12.8. The van der Waals surface area contributed by atoms with Crippen LogP contribution in [0.15, 0.2) is 48.5 Å². The maximum Gasteiger partial charge on any atom is 0.339 e. The molecule has 2 N–H and O–H groups in total. The van der Waals surface area contributed by atoms with Crippen LogP contribution in [0.1, 0.15) is 50.5 Å². The lowest BCUT2D eigenvalue weighted by molar-refractivity contribution is -0.135. The van der Waals surface area contributed by atoms with E-state index in [1.165, 1.54) is 21.0 Å². The van der Waals surface area contributed by atoms with Crippen LogP contribution in [-0.4, -0.2) is 24.9 Å². The van der Waals surface area contributed by atoms with Gasteiger partial charge in [-0.25, -0.2) is 4.79 Å². The molecule has 0 atom stereocenters. The van der Waals surface area contributed by atoms with Gasteiger partial charge in [-0.05, 0) is 49.1 Å². The number of benzene rings is 2. The SMILES string of the molecule is COC(=O)c1ccccc1NC(=O)C(C)(C)C(=O)Nc1ccc(C(C)(C)C)cc1. The molecule has 0 aliphatic heterocycles. The molecule has 6 nitrogen and oxygen atoms in total. The van der Waals surface area contributed by atoms with Gasteiger partial charge in [0.2, 0.25) is 11.8 Å². The molecule has 0 radical (unpaired) electrons. The Morgan fingerprint density at radius 2 is 1.34 bits per heavy atom. The fourth-order valence-electron chi connectivity index (χ4n) is 2.60. The highest BCUT2D eigenvalue weighted by Gasteiger charge is 2.36. The molecule has 0 aliphatic rings. The molecule has 2 rings (SSSR count). The second-order valence-electron chi connectivity index (χ2n) is 8.40. The summed E-state index contributed by atoms with van der Waals surface area (Å²) in [6, 6.07) is 14.0. The summed E-state index contributed by atoms with van der Waals surface area (Å²) in [5.41, 5.74) is 0.906. The van der Waals surface area contributed by atoms with E-state index >= 15 is 0 Å². The fourth-order valence-corrected chi connectivity index (χ4v) is 2.60. The first-order valence-corrected chi connectivity index (χ1v) is 9.37. The lowest BCUT2D eigenvalue weighted by Crippen LogP contribution is -2.41. The van der Waals surface area contributed by atoms with Crippen molar-refractivity contribution >= 4 is 29.2 Å². The summed E-state index contributed by atoms with van der Waals surface area (Å²) >= 11 is 0. The summed E-state index contributed by atoms with van der Waals surface area (Å²) in [6.45, 7) is 9.39. The molecule has 2 amide bonds. The molecular formula is C23H28N2O4. The van der Waals surface area contributed by atoms with Crippen LogP contribution >= 0.6 is 0 Å². The predicted octanol–water partition coefficient (Wildman–Crippen LogP) is 4.37. The smallest absolute Gasteiger partial charge is 0.339 e. The molecule has 0 unspecified atom stereocenters. The van der Waals surface area contributed by atoms with Crippen LogP contribution in [0.5, 0.6) is 0 Å². The van der Waals surface area contributed by atoms with E-state index in [0.29, 0.717) is 11.4 Å². The van der Waals surface area contributed by atoms with Crippen molar-refractivity contribution in [2.75, 3.05) is 17.7 Å². The zero-order valence-corrected chi connectivity index (χ0v) is 17.8. The number of hydrogen-bond donors (Lipinski definition) is 2. The molecule has 29 heavy (non-hydrogen) atoms. The van der Waals surface area contributed by atoms with E-state index in [1.807, 2.05) is 24.3 Å². The molecule has 0 aromatic heterocycles. The number of esters is 1. The van der Waals surface area contributed by atoms with Gasteiger partial charge in [-0.3, -0.25) is 9.59 Å². The summed E-state index contributed by atoms with van der Waals surface area (Å²) in [6.07, 6.45) is 0. The normalized spacial score (nSPS) is 11.5. The van der Waals surface area contributed by atoms with Gasteiger partial charge in [0.25, 0.3) is 0 Å². The first-order valence-electron chi connectivity index (χ1n) is 9.37. The van der Waals surface area contributed by atoms with Gasteiger partial charge in [-0.15, -0.1) is 0 Å². The minimum atomic E-state index is -1.37. The summed E-state index contributed by atoms with van der Waals surface area (Å²) in [5, 5.41) is 5.45. The van der Waals surface area contributed by atoms with Crippen molar-refractivity contribution in [2.24, 2.45) is 5.41 Å². The van der Waals surface area contributed by atoms with E-state index in [1.54, 1.807) is 24.3 Å². The quantitative estimate of drug-likeness (QED) is 0.580. The second kappa shape index (κ2) is 8.47. The Kier molecular flexibility index (Phi) is 6.47. The standard InChI is InChI=1S/C23H28N2O4/c1-22(2,3)15-11-13-16(14-12-15)24-20(27)23(4,5)21(28)25-18-10-8-7-9-17(18)19(26)29-6/h7-14H,1-6H3,(H,24,27)(H,25,28). The molecule has 2 aromatic rings.